The molecule has 6 nitrogen and oxygen atoms in total. The van der Waals surface area contributed by atoms with Crippen LogP contribution in [0.25, 0.3) is 0 Å². The molecule has 0 aliphatic rings. The molecule has 1 rings (SSSR count). The monoisotopic (exact) mass is 332 g/mol. The van der Waals surface area contributed by atoms with Crippen molar-refractivity contribution in [1.29, 1.82) is 0 Å². The average Bonchev–Trinajstić information content (AvgIpc) is 2.42. The Kier molecular flexibility index (Phi) is 7.26. The van der Waals surface area contributed by atoms with E-state index in [1.54, 1.807) is 7.11 Å². The molecule has 0 aliphatic carbocycles. The van der Waals surface area contributed by atoms with Gasteiger partial charge < -0.3 is 10.1 Å². The van der Waals surface area contributed by atoms with Gasteiger partial charge in [-0.3, -0.25) is 9.10 Å². The molecule has 8 heteroatoms. The summed E-state index contributed by atoms with van der Waals surface area (Å²) in [6, 6.07) is 5.26. The van der Waals surface area contributed by atoms with Crippen LogP contribution in [0.3, 0.4) is 0 Å². The Morgan fingerprint density at radius 1 is 1.41 bits per heavy atom. The van der Waals surface area contributed by atoms with Crippen molar-refractivity contribution < 1.29 is 22.3 Å². The molecule has 0 aliphatic heterocycles. The van der Waals surface area contributed by atoms with E-state index < -0.39 is 15.8 Å². The average molecular weight is 332 g/mol. The molecule has 124 valence electrons. The summed E-state index contributed by atoms with van der Waals surface area (Å²) in [5, 5.41) is 2.67. The third kappa shape index (κ3) is 6.40. The van der Waals surface area contributed by atoms with E-state index in [2.05, 4.69) is 5.32 Å². The van der Waals surface area contributed by atoms with Gasteiger partial charge in [-0.05, 0) is 24.6 Å². The van der Waals surface area contributed by atoms with E-state index in [4.69, 9.17) is 4.74 Å². The topological polar surface area (TPSA) is 75.7 Å². The summed E-state index contributed by atoms with van der Waals surface area (Å²) in [6.07, 6.45) is 1.70. The second-order valence-corrected chi connectivity index (χ2v) is 6.67. The van der Waals surface area contributed by atoms with Gasteiger partial charge in [-0.15, -0.1) is 0 Å². The van der Waals surface area contributed by atoms with Crippen LogP contribution in [0.4, 0.5) is 10.1 Å². The van der Waals surface area contributed by atoms with Crippen molar-refractivity contribution in [1.82, 2.24) is 5.32 Å². The molecule has 0 saturated carbocycles. The zero-order valence-electron chi connectivity index (χ0n) is 12.7. The van der Waals surface area contributed by atoms with Gasteiger partial charge in [0.15, 0.2) is 0 Å². The van der Waals surface area contributed by atoms with Crippen LogP contribution in [-0.2, 0) is 19.6 Å². The minimum absolute atomic E-state index is 0.00341. The van der Waals surface area contributed by atoms with Crippen LogP contribution in [-0.4, -0.2) is 47.4 Å². The molecule has 0 fully saturated rings. The molecule has 22 heavy (non-hydrogen) atoms. The molecule has 1 aromatic carbocycles. The number of nitrogens with zero attached hydrogens (tertiary/aromatic N) is 1. The van der Waals surface area contributed by atoms with E-state index in [0.29, 0.717) is 19.6 Å². The number of hydrogen-bond acceptors (Lipinski definition) is 4. The third-order valence-corrected chi connectivity index (χ3v) is 4.08. The highest BCUT2D eigenvalue weighted by Crippen LogP contribution is 2.18. The number of anilines is 1. The lowest BCUT2D eigenvalue weighted by Crippen LogP contribution is -2.35. The predicted octanol–water partition coefficient (Wildman–Crippen LogP) is 1.13. The summed E-state index contributed by atoms with van der Waals surface area (Å²) in [4.78, 5) is 11.7. The third-order valence-electron chi connectivity index (χ3n) is 2.89. The van der Waals surface area contributed by atoms with Crippen molar-refractivity contribution in [3.8, 4) is 0 Å². The van der Waals surface area contributed by atoms with E-state index in [-0.39, 0.29) is 24.6 Å². The first-order valence-electron chi connectivity index (χ1n) is 6.83. The summed E-state index contributed by atoms with van der Waals surface area (Å²) in [7, 11) is -2.02. The van der Waals surface area contributed by atoms with Gasteiger partial charge in [-0.25, -0.2) is 12.8 Å². The van der Waals surface area contributed by atoms with Crippen LogP contribution < -0.4 is 9.62 Å². The molecule has 0 saturated heterocycles. The number of sulfonamides is 1. The SMILES string of the molecule is COCCCNC(=O)CCN(c1cccc(F)c1)S(C)(=O)=O. The van der Waals surface area contributed by atoms with Crippen LogP contribution in [0.1, 0.15) is 12.8 Å². The van der Waals surface area contributed by atoms with E-state index >= 15 is 0 Å². The van der Waals surface area contributed by atoms with Gasteiger partial charge in [-0.2, -0.15) is 0 Å². The molecule has 0 spiro atoms. The quantitative estimate of drug-likeness (QED) is 0.688. The first-order valence-corrected chi connectivity index (χ1v) is 8.68. The number of carbonyl (C=O) groups excluding carboxylic acids is 1. The lowest BCUT2D eigenvalue weighted by Gasteiger charge is -2.22. The largest absolute Gasteiger partial charge is 0.385 e. The van der Waals surface area contributed by atoms with Crippen molar-refractivity contribution in [3.63, 3.8) is 0 Å². The molecule has 0 bridgehead atoms. The van der Waals surface area contributed by atoms with Gasteiger partial charge in [0.1, 0.15) is 5.82 Å². The summed E-state index contributed by atoms with van der Waals surface area (Å²) < 4.78 is 42.7. The number of halogens is 1. The molecule has 1 aromatic rings. The fourth-order valence-corrected chi connectivity index (χ4v) is 2.77. The lowest BCUT2D eigenvalue weighted by molar-refractivity contribution is -0.120. The van der Waals surface area contributed by atoms with Crippen LogP contribution in [0.15, 0.2) is 24.3 Å². The summed E-state index contributed by atoms with van der Waals surface area (Å²) in [5.74, 6) is -0.795. The van der Waals surface area contributed by atoms with Gasteiger partial charge >= 0.3 is 0 Å². The van der Waals surface area contributed by atoms with Crippen molar-refractivity contribution in [3.05, 3.63) is 30.1 Å². The zero-order valence-corrected chi connectivity index (χ0v) is 13.5. The number of amides is 1. The van der Waals surface area contributed by atoms with Gasteiger partial charge in [-0.1, -0.05) is 6.07 Å². The highest BCUT2D eigenvalue weighted by Gasteiger charge is 2.18. The van der Waals surface area contributed by atoms with E-state index in [9.17, 15) is 17.6 Å². The first-order chi connectivity index (χ1) is 10.3. The van der Waals surface area contributed by atoms with Gasteiger partial charge in [0, 0.05) is 33.2 Å². The van der Waals surface area contributed by atoms with Gasteiger partial charge in [0.05, 0.1) is 11.9 Å². The van der Waals surface area contributed by atoms with Crippen LogP contribution in [0.5, 0.6) is 0 Å². The number of nitrogens with one attached hydrogen (secondary N) is 1. The van der Waals surface area contributed by atoms with Crippen LogP contribution >= 0.6 is 0 Å². The first kappa shape index (κ1) is 18.4. The molecular formula is C14H21FN2O4S. The number of hydrogen-bond donors (Lipinski definition) is 1. The minimum atomic E-state index is -3.59. The maximum Gasteiger partial charge on any atom is 0.232 e. The number of carbonyl (C=O) groups is 1. The summed E-state index contributed by atoms with van der Waals surface area (Å²) >= 11 is 0. The fourth-order valence-electron chi connectivity index (χ4n) is 1.85. The Balaban J connectivity index is 2.63. The minimum Gasteiger partial charge on any atom is -0.385 e. The van der Waals surface area contributed by atoms with E-state index in [1.165, 1.54) is 18.2 Å². The van der Waals surface area contributed by atoms with Crippen LogP contribution in [0, 0.1) is 5.82 Å². The number of methoxy groups -OCH3 is 1. The normalized spacial score (nSPS) is 11.2. The molecular weight excluding hydrogens is 311 g/mol. The molecule has 1 amide bonds. The van der Waals surface area contributed by atoms with Crippen LogP contribution in [0.2, 0.25) is 0 Å². The van der Waals surface area contributed by atoms with E-state index in [1.807, 2.05) is 0 Å². The highest BCUT2D eigenvalue weighted by atomic mass is 32.2. The van der Waals surface area contributed by atoms with Crippen molar-refractivity contribution in [2.45, 2.75) is 12.8 Å². The smallest absolute Gasteiger partial charge is 0.232 e. The van der Waals surface area contributed by atoms with Crippen molar-refractivity contribution in [2.24, 2.45) is 0 Å². The second-order valence-electron chi connectivity index (χ2n) is 4.76. The van der Waals surface area contributed by atoms with E-state index in [0.717, 1.165) is 16.6 Å². The Morgan fingerprint density at radius 2 is 2.14 bits per heavy atom. The Morgan fingerprint density at radius 3 is 2.73 bits per heavy atom. The maximum atomic E-state index is 13.2. The fraction of sp³-hybridized carbons (Fsp3) is 0.500. The summed E-state index contributed by atoms with van der Waals surface area (Å²) in [6.45, 7) is 0.961. The predicted molar refractivity (Wildman–Crippen MR) is 82.7 cm³/mol. The second kappa shape index (κ2) is 8.70. The standard InChI is InChI=1S/C14H21FN2O4S/c1-21-10-4-8-16-14(18)7-9-17(22(2,19)20)13-6-3-5-12(15)11-13/h3,5-6,11H,4,7-10H2,1-2H3,(H,16,18). The molecule has 0 aromatic heterocycles. The molecule has 0 radical (unpaired) electrons. The van der Waals surface area contributed by atoms with Crippen molar-refractivity contribution >= 4 is 21.6 Å². The van der Waals surface area contributed by atoms with Gasteiger partial charge in [0.2, 0.25) is 15.9 Å². The number of rotatable bonds is 9. The zero-order chi connectivity index (χ0) is 16.6. The molecule has 0 heterocycles. The Hall–Kier alpha value is -1.67. The number of benzene rings is 1. The maximum absolute atomic E-state index is 13.2. The summed E-state index contributed by atoms with van der Waals surface area (Å²) in [5.41, 5.74) is 0.203. The molecule has 1 N–H and O–H groups in total. The molecule has 0 unspecified atom stereocenters. The van der Waals surface area contributed by atoms with Gasteiger partial charge in [0.25, 0.3) is 0 Å². The molecule has 0 atom stereocenters. The Labute approximate surface area is 130 Å². The number of ether oxygens (including phenoxy) is 1. The highest BCUT2D eigenvalue weighted by molar-refractivity contribution is 7.92. The Bertz CT molecular complexity index is 592. The van der Waals surface area contributed by atoms with Crippen molar-refractivity contribution in [2.75, 3.05) is 37.4 Å². The lowest BCUT2D eigenvalue weighted by atomic mass is 10.3.